The van der Waals surface area contributed by atoms with Crippen LogP contribution in [0.5, 0.6) is 0 Å². The maximum absolute atomic E-state index is 12.4. The first-order valence-electron chi connectivity index (χ1n) is 7.72. The molecule has 0 bridgehead atoms. The van der Waals surface area contributed by atoms with Crippen molar-refractivity contribution < 1.29 is 4.79 Å². The van der Waals surface area contributed by atoms with E-state index in [1.54, 1.807) is 11.0 Å². The minimum atomic E-state index is -0.0555. The zero-order valence-corrected chi connectivity index (χ0v) is 13.1. The van der Waals surface area contributed by atoms with Gasteiger partial charge in [-0.25, -0.2) is 0 Å². The van der Waals surface area contributed by atoms with E-state index in [0.29, 0.717) is 19.5 Å². The summed E-state index contributed by atoms with van der Waals surface area (Å²) >= 11 is 0. The normalized spacial score (nSPS) is 10.4. The number of carbonyl (C=O) groups is 1. The number of hydrogen-bond acceptors (Lipinski definition) is 2. The van der Waals surface area contributed by atoms with E-state index in [-0.39, 0.29) is 5.91 Å². The average Bonchev–Trinajstić information content (AvgIpc) is 2.61. The highest BCUT2D eigenvalue weighted by Gasteiger charge is 2.10. The number of nitrogens with zero attached hydrogens (tertiary/aromatic N) is 2. The van der Waals surface area contributed by atoms with Crippen molar-refractivity contribution >= 4 is 12.0 Å². The molecule has 1 amide bonds. The minimum absolute atomic E-state index is 0.0555. The third-order valence-corrected chi connectivity index (χ3v) is 3.54. The molecule has 0 aliphatic carbocycles. The lowest BCUT2D eigenvalue weighted by Gasteiger charge is -2.20. The molecule has 0 aromatic heterocycles. The van der Waals surface area contributed by atoms with E-state index in [0.717, 1.165) is 12.0 Å². The van der Waals surface area contributed by atoms with E-state index < -0.39 is 0 Å². The molecule has 0 atom stereocenters. The Kier molecular flexibility index (Phi) is 6.62. The minimum Gasteiger partial charge on any atom is -0.338 e. The van der Waals surface area contributed by atoms with E-state index in [1.165, 1.54) is 5.56 Å². The van der Waals surface area contributed by atoms with Crippen molar-refractivity contribution in [3.63, 3.8) is 0 Å². The van der Waals surface area contributed by atoms with Crippen molar-refractivity contribution in [3.05, 3.63) is 77.9 Å². The van der Waals surface area contributed by atoms with Gasteiger partial charge in [-0.3, -0.25) is 4.79 Å². The monoisotopic (exact) mass is 304 g/mol. The number of carbonyl (C=O) groups excluding carboxylic acids is 1. The predicted octanol–water partition coefficient (Wildman–Crippen LogP) is 3.68. The Morgan fingerprint density at radius 1 is 1.00 bits per heavy atom. The molecule has 0 N–H and O–H groups in total. The summed E-state index contributed by atoms with van der Waals surface area (Å²) in [4.78, 5) is 14.1. The summed E-state index contributed by atoms with van der Waals surface area (Å²) in [6.07, 6.45) is 4.53. The molecule has 3 nitrogen and oxygen atoms in total. The van der Waals surface area contributed by atoms with Crippen molar-refractivity contribution in [2.24, 2.45) is 0 Å². The lowest BCUT2D eigenvalue weighted by atomic mass is 10.1. The second-order valence-electron chi connectivity index (χ2n) is 5.21. The first-order chi connectivity index (χ1) is 11.3. The van der Waals surface area contributed by atoms with Crippen LogP contribution in [0.1, 0.15) is 17.5 Å². The molecule has 0 aliphatic rings. The number of amides is 1. The Labute approximate surface area is 137 Å². The van der Waals surface area contributed by atoms with Gasteiger partial charge in [0, 0.05) is 19.2 Å². The van der Waals surface area contributed by atoms with E-state index in [9.17, 15) is 4.79 Å². The van der Waals surface area contributed by atoms with Crippen LogP contribution in [0.2, 0.25) is 0 Å². The molecule has 0 unspecified atom stereocenters. The molecule has 2 rings (SSSR count). The molecular formula is C20H20N2O. The molecule has 116 valence electrons. The van der Waals surface area contributed by atoms with Gasteiger partial charge in [0.15, 0.2) is 0 Å². The SMILES string of the molecule is N#CCCN(CCc1ccccc1)C(=O)/C=C/c1ccccc1. The van der Waals surface area contributed by atoms with Gasteiger partial charge in [-0.05, 0) is 23.6 Å². The Bertz CT molecular complexity index is 672. The molecular weight excluding hydrogens is 284 g/mol. The summed E-state index contributed by atoms with van der Waals surface area (Å²) in [7, 11) is 0. The molecule has 0 saturated carbocycles. The van der Waals surface area contributed by atoms with Crippen LogP contribution in [0.4, 0.5) is 0 Å². The number of benzene rings is 2. The summed E-state index contributed by atoms with van der Waals surface area (Å²) in [5.74, 6) is -0.0555. The molecule has 23 heavy (non-hydrogen) atoms. The van der Waals surface area contributed by atoms with Gasteiger partial charge in [0.25, 0.3) is 0 Å². The molecule has 2 aromatic rings. The van der Waals surface area contributed by atoms with Gasteiger partial charge >= 0.3 is 0 Å². The average molecular weight is 304 g/mol. The van der Waals surface area contributed by atoms with E-state index >= 15 is 0 Å². The lowest BCUT2D eigenvalue weighted by molar-refractivity contribution is -0.125. The van der Waals surface area contributed by atoms with Crippen molar-refractivity contribution in [2.75, 3.05) is 13.1 Å². The highest BCUT2D eigenvalue weighted by Crippen LogP contribution is 2.05. The van der Waals surface area contributed by atoms with Crippen LogP contribution < -0.4 is 0 Å². The number of hydrogen-bond donors (Lipinski definition) is 0. The number of rotatable bonds is 7. The summed E-state index contributed by atoms with van der Waals surface area (Å²) in [5.41, 5.74) is 2.18. The van der Waals surface area contributed by atoms with Crippen molar-refractivity contribution in [2.45, 2.75) is 12.8 Å². The Hall–Kier alpha value is -2.86. The van der Waals surface area contributed by atoms with Crippen LogP contribution >= 0.6 is 0 Å². The molecule has 0 fully saturated rings. The topological polar surface area (TPSA) is 44.1 Å². The Morgan fingerprint density at radius 2 is 1.65 bits per heavy atom. The molecule has 0 radical (unpaired) electrons. The Morgan fingerprint density at radius 3 is 2.30 bits per heavy atom. The maximum atomic E-state index is 12.4. The van der Waals surface area contributed by atoms with Gasteiger partial charge in [0.05, 0.1) is 12.5 Å². The largest absolute Gasteiger partial charge is 0.338 e. The first-order valence-corrected chi connectivity index (χ1v) is 7.72. The second kappa shape index (κ2) is 9.22. The van der Waals surface area contributed by atoms with E-state index in [4.69, 9.17) is 5.26 Å². The number of nitriles is 1. The van der Waals surface area contributed by atoms with Gasteiger partial charge in [0.1, 0.15) is 0 Å². The molecule has 0 spiro atoms. The zero-order chi connectivity index (χ0) is 16.3. The van der Waals surface area contributed by atoms with Gasteiger partial charge in [0.2, 0.25) is 5.91 Å². The van der Waals surface area contributed by atoms with Crippen LogP contribution in [0.25, 0.3) is 6.08 Å². The molecule has 0 aliphatic heterocycles. The molecule has 0 heterocycles. The van der Waals surface area contributed by atoms with Crippen LogP contribution in [0.3, 0.4) is 0 Å². The highest BCUT2D eigenvalue weighted by molar-refractivity contribution is 5.91. The Balaban J connectivity index is 1.97. The first kappa shape index (κ1) is 16.5. The van der Waals surface area contributed by atoms with Crippen LogP contribution in [0.15, 0.2) is 66.7 Å². The van der Waals surface area contributed by atoms with Crippen LogP contribution in [-0.2, 0) is 11.2 Å². The maximum Gasteiger partial charge on any atom is 0.246 e. The fourth-order valence-corrected chi connectivity index (χ4v) is 2.26. The fraction of sp³-hybridized carbons (Fsp3) is 0.200. The highest BCUT2D eigenvalue weighted by atomic mass is 16.2. The van der Waals surface area contributed by atoms with Crippen LogP contribution in [-0.4, -0.2) is 23.9 Å². The third kappa shape index (κ3) is 5.80. The standard InChI is InChI=1S/C20H20N2O/c21-15-7-16-22(17-14-19-10-5-2-6-11-19)20(23)13-12-18-8-3-1-4-9-18/h1-6,8-13H,7,14,16-17H2/b13-12+. The van der Waals surface area contributed by atoms with Gasteiger partial charge < -0.3 is 4.90 Å². The summed E-state index contributed by atoms with van der Waals surface area (Å²) in [6.45, 7) is 1.07. The molecule has 2 aromatic carbocycles. The lowest BCUT2D eigenvalue weighted by Crippen LogP contribution is -2.32. The molecule has 3 heteroatoms. The predicted molar refractivity (Wildman–Crippen MR) is 92.4 cm³/mol. The van der Waals surface area contributed by atoms with E-state index in [2.05, 4.69) is 6.07 Å². The quantitative estimate of drug-likeness (QED) is 0.732. The van der Waals surface area contributed by atoms with Gasteiger partial charge in [-0.1, -0.05) is 60.7 Å². The smallest absolute Gasteiger partial charge is 0.246 e. The van der Waals surface area contributed by atoms with Gasteiger partial charge in [-0.15, -0.1) is 0 Å². The fourth-order valence-electron chi connectivity index (χ4n) is 2.26. The summed E-state index contributed by atoms with van der Waals surface area (Å²) < 4.78 is 0. The molecule has 0 saturated heterocycles. The van der Waals surface area contributed by atoms with Crippen LogP contribution in [0, 0.1) is 11.3 Å². The summed E-state index contributed by atoms with van der Waals surface area (Å²) in [6, 6.07) is 21.9. The van der Waals surface area contributed by atoms with Gasteiger partial charge in [-0.2, -0.15) is 5.26 Å². The second-order valence-corrected chi connectivity index (χ2v) is 5.21. The van der Waals surface area contributed by atoms with Crippen molar-refractivity contribution in [1.82, 2.24) is 4.90 Å². The zero-order valence-electron chi connectivity index (χ0n) is 13.1. The van der Waals surface area contributed by atoms with Crippen molar-refractivity contribution in [3.8, 4) is 6.07 Å². The van der Waals surface area contributed by atoms with Crippen molar-refractivity contribution in [1.29, 1.82) is 5.26 Å². The van der Waals surface area contributed by atoms with E-state index in [1.807, 2.05) is 66.7 Å². The summed E-state index contributed by atoms with van der Waals surface area (Å²) in [5, 5.41) is 8.78. The third-order valence-electron chi connectivity index (χ3n) is 3.54.